The fraction of sp³-hybridized carbons (Fsp3) is 0.355. The Morgan fingerprint density at radius 1 is 1.24 bits per heavy atom. The third kappa shape index (κ3) is 6.34. The zero-order valence-corrected chi connectivity index (χ0v) is 24.3. The first-order valence-electron chi connectivity index (χ1n) is 12.5. The van der Waals surface area contributed by atoms with Gasteiger partial charge in [-0.3, -0.25) is 0 Å². The monoisotopic (exact) mass is 576 g/mol. The van der Waals surface area contributed by atoms with Crippen molar-refractivity contribution in [1.29, 1.82) is 5.26 Å². The van der Waals surface area contributed by atoms with Gasteiger partial charge in [0.2, 0.25) is 0 Å². The average molecular weight is 578 g/mol. The second-order valence-electron chi connectivity index (χ2n) is 10.5. The molecule has 4 nitrogen and oxygen atoms in total. The normalized spacial score (nSPS) is 15.3. The molecule has 3 aromatic rings. The zero-order chi connectivity index (χ0) is 26.6. The highest BCUT2D eigenvalue weighted by Gasteiger charge is 2.32. The van der Waals surface area contributed by atoms with E-state index in [1.54, 1.807) is 18.4 Å². The molecule has 0 aliphatic heterocycles. The molecule has 0 N–H and O–H groups in total. The molecule has 0 saturated heterocycles. The third-order valence-corrected chi connectivity index (χ3v) is 8.64. The average Bonchev–Trinajstić information content (AvgIpc) is 3.24. The van der Waals surface area contributed by atoms with E-state index in [-0.39, 0.29) is 5.41 Å². The Labute approximate surface area is 232 Å². The molecule has 0 bridgehead atoms. The van der Waals surface area contributed by atoms with Crippen LogP contribution in [0.5, 0.6) is 11.5 Å². The molecule has 0 radical (unpaired) electrons. The van der Waals surface area contributed by atoms with Crippen molar-refractivity contribution >= 4 is 38.5 Å². The van der Waals surface area contributed by atoms with Crippen molar-refractivity contribution in [3.8, 4) is 17.6 Å². The number of hydrogen-bond acceptors (Lipinski definition) is 5. The third-order valence-electron chi connectivity index (χ3n) is 6.95. The summed E-state index contributed by atoms with van der Waals surface area (Å²) in [6, 6.07) is 14.5. The van der Waals surface area contributed by atoms with Gasteiger partial charge in [0, 0.05) is 21.1 Å². The fourth-order valence-corrected chi connectivity index (χ4v) is 6.25. The molecule has 1 aliphatic carbocycles. The Kier molecular flexibility index (Phi) is 8.56. The summed E-state index contributed by atoms with van der Waals surface area (Å²) in [5.74, 6) is 1.98. The fourth-order valence-electron chi connectivity index (χ4n) is 4.77. The van der Waals surface area contributed by atoms with E-state index in [1.165, 1.54) is 10.4 Å². The SMILES string of the molecule is C=CCc1cc(C=Nc2sc3c(c2C#N)CC[C@@H](C(C)(C)C)C3)cc(OC)c1OCc1ccc(Br)cc1. The van der Waals surface area contributed by atoms with E-state index in [4.69, 9.17) is 14.5 Å². The van der Waals surface area contributed by atoms with Gasteiger partial charge < -0.3 is 9.47 Å². The van der Waals surface area contributed by atoms with Crippen molar-refractivity contribution in [3.63, 3.8) is 0 Å². The summed E-state index contributed by atoms with van der Waals surface area (Å²) in [5.41, 5.74) is 5.13. The molecule has 192 valence electrons. The van der Waals surface area contributed by atoms with Crippen molar-refractivity contribution in [2.75, 3.05) is 7.11 Å². The van der Waals surface area contributed by atoms with Gasteiger partial charge in [0.1, 0.15) is 17.7 Å². The van der Waals surface area contributed by atoms with Gasteiger partial charge in [-0.05, 0) is 78.0 Å². The molecule has 0 fully saturated rings. The smallest absolute Gasteiger partial charge is 0.165 e. The van der Waals surface area contributed by atoms with Gasteiger partial charge >= 0.3 is 0 Å². The minimum atomic E-state index is 0.261. The topological polar surface area (TPSA) is 54.6 Å². The van der Waals surface area contributed by atoms with E-state index >= 15 is 0 Å². The van der Waals surface area contributed by atoms with E-state index in [9.17, 15) is 5.26 Å². The van der Waals surface area contributed by atoms with E-state index in [1.807, 2.05) is 42.6 Å². The maximum absolute atomic E-state index is 9.92. The molecule has 0 unspecified atom stereocenters. The first-order valence-corrected chi connectivity index (χ1v) is 14.1. The molecule has 1 aliphatic rings. The van der Waals surface area contributed by atoms with Crippen LogP contribution in [0, 0.1) is 22.7 Å². The van der Waals surface area contributed by atoms with Gasteiger partial charge in [-0.1, -0.05) is 54.9 Å². The summed E-state index contributed by atoms with van der Waals surface area (Å²) < 4.78 is 13.0. The van der Waals surface area contributed by atoms with Crippen molar-refractivity contribution in [2.24, 2.45) is 16.3 Å². The quantitative estimate of drug-likeness (QED) is 0.199. The maximum atomic E-state index is 9.92. The summed E-state index contributed by atoms with van der Waals surface area (Å²) in [4.78, 5) is 6.11. The number of ether oxygens (including phenoxy) is 2. The van der Waals surface area contributed by atoms with E-state index in [0.29, 0.717) is 30.4 Å². The lowest BCUT2D eigenvalue weighted by atomic mass is 9.72. The van der Waals surface area contributed by atoms with Crippen LogP contribution in [0.1, 0.15) is 59.9 Å². The lowest BCUT2D eigenvalue weighted by molar-refractivity contribution is 0.218. The Morgan fingerprint density at radius 3 is 2.65 bits per heavy atom. The second kappa shape index (κ2) is 11.7. The van der Waals surface area contributed by atoms with Crippen molar-refractivity contribution < 1.29 is 9.47 Å². The number of thiophene rings is 1. The number of methoxy groups -OCH3 is 1. The van der Waals surface area contributed by atoms with Gasteiger partial charge in [-0.2, -0.15) is 5.26 Å². The Hall–Kier alpha value is -2.88. The van der Waals surface area contributed by atoms with E-state index < -0.39 is 0 Å². The second-order valence-corrected chi connectivity index (χ2v) is 12.5. The highest BCUT2D eigenvalue weighted by Crippen LogP contribution is 2.45. The molecule has 0 spiro atoms. The summed E-state index contributed by atoms with van der Waals surface area (Å²) >= 11 is 5.13. The Morgan fingerprint density at radius 2 is 2.00 bits per heavy atom. The highest BCUT2D eigenvalue weighted by atomic mass is 79.9. The number of allylic oxidation sites excluding steroid dienone is 1. The summed E-state index contributed by atoms with van der Waals surface area (Å²) in [6.07, 6.45) is 7.42. The maximum Gasteiger partial charge on any atom is 0.165 e. The molecule has 1 heterocycles. The van der Waals surface area contributed by atoms with Crippen LogP contribution in [0.25, 0.3) is 0 Å². The molecule has 1 atom stereocenters. The lowest BCUT2D eigenvalue weighted by Crippen LogP contribution is -2.26. The van der Waals surface area contributed by atoms with Crippen LogP contribution in [0.3, 0.4) is 0 Å². The largest absolute Gasteiger partial charge is 0.493 e. The number of hydrogen-bond donors (Lipinski definition) is 0. The summed E-state index contributed by atoms with van der Waals surface area (Å²) in [6.45, 7) is 11.3. The zero-order valence-electron chi connectivity index (χ0n) is 21.9. The Balaban J connectivity index is 1.61. The minimum absolute atomic E-state index is 0.261. The van der Waals surface area contributed by atoms with Crippen LogP contribution < -0.4 is 9.47 Å². The lowest BCUT2D eigenvalue weighted by Gasteiger charge is -2.33. The first kappa shape index (κ1) is 27.2. The molecule has 0 amide bonds. The number of rotatable bonds is 8. The van der Waals surface area contributed by atoms with E-state index in [0.717, 1.165) is 51.0 Å². The van der Waals surface area contributed by atoms with Crippen molar-refractivity contribution in [2.45, 2.75) is 53.1 Å². The Bertz CT molecular complexity index is 1340. The number of aliphatic imine (C=N–C) groups is 1. The van der Waals surface area contributed by atoms with Crippen LogP contribution in [0.2, 0.25) is 0 Å². The number of halogens is 1. The molecular weight excluding hydrogens is 544 g/mol. The van der Waals surface area contributed by atoms with E-state index in [2.05, 4.69) is 55.4 Å². The molecule has 0 saturated carbocycles. The molecule has 37 heavy (non-hydrogen) atoms. The van der Waals surface area contributed by atoms with Gasteiger partial charge in [-0.15, -0.1) is 17.9 Å². The van der Waals surface area contributed by atoms with Gasteiger partial charge in [0.15, 0.2) is 11.5 Å². The van der Waals surface area contributed by atoms with Crippen molar-refractivity contribution in [3.05, 3.63) is 86.2 Å². The predicted octanol–water partition coefficient (Wildman–Crippen LogP) is 8.60. The van der Waals surface area contributed by atoms with Crippen LogP contribution in [-0.4, -0.2) is 13.3 Å². The standard InChI is InChI=1S/C31H33BrN2O2S/c1-6-7-22-14-21(15-27(35-5)29(22)36-19-20-8-11-24(32)12-9-20)18-34-30-26(17-33)25-13-10-23(31(2,3)4)16-28(25)37-30/h6,8-9,11-12,14-15,18,23H,1,7,10,13,16,19H2,2-5H3/t23-/m1/s1. The first-order chi connectivity index (χ1) is 17.7. The molecule has 6 heteroatoms. The number of benzene rings is 2. The minimum Gasteiger partial charge on any atom is -0.493 e. The number of nitrogens with zero attached hydrogens (tertiary/aromatic N) is 2. The van der Waals surface area contributed by atoms with Crippen LogP contribution >= 0.6 is 27.3 Å². The van der Waals surface area contributed by atoms with Crippen LogP contribution in [0.15, 0.2) is 58.5 Å². The molecule has 1 aromatic heterocycles. The summed E-state index contributed by atoms with van der Waals surface area (Å²) in [5, 5.41) is 10.7. The molecular formula is C31H33BrN2O2S. The predicted molar refractivity (Wildman–Crippen MR) is 157 cm³/mol. The van der Waals surface area contributed by atoms with Crippen LogP contribution in [-0.2, 0) is 25.9 Å². The number of fused-ring (bicyclic) bond motifs is 1. The van der Waals surface area contributed by atoms with Gasteiger partial charge in [0.05, 0.1) is 12.7 Å². The highest BCUT2D eigenvalue weighted by molar-refractivity contribution is 9.10. The number of nitriles is 1. The summed E-state index contributed by atoms with van der Waals surface area (Å²) in [7, 11) is 1.65. The van der Waals surface area contributed by atoms with Crippen molar-refractivity contribution in [1.82, 2.24) is 0 Å². The van der Waals surface area contributed by atoms with Gasteiger partial charge in [-0.25, -0.2) is 4.99 Å². The van der Waals surface area contributed by atoms with Crippen LogP contribution in [0.4, 0.5) is 5.00 Å². The van der Waals surface area contributed by atoms with Gasteiger partial charge in [0.25, 0.3) is 0 Å². The molecule has 2 aromatic carbocycles. The molecule has 4 rings (SSSR count).